The third kappa shape index (κ3) is 2.78. The van der Waals surface area contributed by atoms with Crippen LogP contribution in [0.15, 0.2) is 28.7 Å². The number of hydrazine groups is 1. The van der Waals surface area contributed by atoms with Crippen LogP contribution in [0.3, 0.4) is 0 Å². The maximum absolute atomic E-state index is 12.0. The summed E-state index contributed by atoms with van der Waals surface area (Å²) in [4.78, 5) is 35.0. The molecule has 7 nitrogen and oxygen atoms in total. The minimum absolute atomic E-state index is 0.0755. The molecule has 0 unspecified atom stereocenters. The zero-order valence-electron chi connectivity index (χ0n) is 11.9. The van der Waals surface area contributed by atoms with Crippen molar-refractivity contribution in [1.29, 1.82) is 0 Å². The van der Waals surface area contributed by atoms with Crippen LogP contribution < -0.4 is 16.2 Å². The Labute approximate surface area is 126 Å². The summed E-state index contributed by atoms with van der Waals surface area (Å²) in [6.45, 7) is 1.75. The molecule has 3 rings (SSSR count). The van der Waals surface area contributed by atoms with E-state index in [1.807, 2.05) is 12.1 Å². The normalized spacial score (nSPS) is 13.7. The van der Waals surface area contributed by atoms with E-state index >= 15 is 0 Å². The van der Waals surface area contributed by atoms with Gasteiger partial charge >= 0.3 is 17.7 Å². The van der Waals surface area contributed by atoms with Gasteiger partial charge < -0.3 is 9.73 Å². The van der Waals surface area contributed by atoms with Gasteiger partial charge in [0.2, 0.25) is 0 Å². The number of rotatable bonds is 2. The number of para-hydroxylation sites is 1. The van der Waals surface area contributed by atoms with Crippen LogP contribution in [-0.4, -0.2) is 23.8 Å². The Morgan fingerprint density at radius 1 is 1.09 bits per heavy atom. The Morgan fingerprint density at radius 2 is 1.82 bits per heavy atom. The van der Waals surface area contributed by atoms with Crippen molar-refractivity contribution in [3.63, 3.8) is 0 Å². The van der Waals surface area contributed by atoms with Crippen molar-refractivity contribution in [2.45, 2.75) is 25.8 Å². The predicted molar refractivity (Wildman–Crippen MR) is 77.7 cm³/mol. The number of carbonyl (C=O) groups excluding carboxylic acids is 3. The minimum atomic E-state index is -0.908. The lowest BCUT2D eigenvalue weighted by Crippen LogP contribution is -2.49. The molecular weight excluding hydrogens is 286 g/mol. The van der Waals surface area contributed by atoms with Crippen molar-refractivity contribution < 1.29 is 18.8 Å². The first-order valence-electron chi connectivity index (χ1n) is 6.95. The van der Waals surface area contributed by atoms with E-state index in [0.717, 1.165) is 18.2 Å². The lowest BCUT2D eigenvalue weighted by molar-refractivity contribution is -0.139. The van der Waals surface area contributed by atoms with Gasteiger partial charge in [0.25, 0.3) is 0 Å². The quantitative estimate of drug-likeness (QED) is 0.563. The first-order valence-corrected chi connectivity index (χ1v) is 6.95. The van der Waals surface area contributed by atoms with Gasteiger partial charge in [-0.25, -0.2) is 0 Å². The standard InChI is InChI=1S/C15H15N3O4/c1-8-10-4-2-3-5-11(10)22-12(8)13(19)17-18-15(21)14(20)16-9-6-7-9/h2-5,9H,6-7H2,1H3,(H,16,20)(H,17,19)(H,18,21). The Bertz CT molecular complexity index is 761. The molecule has 1 fully saturated rings. The molecule has 0 aliphatic heterocycles. The molecule has 0 bridgehead atoms. The number of carbonyl (C=O) groups is 3. The van der Waals surface area contributed by atoms with Crippen LogP contribution in [0.4, 0.5) is 0 Å². The van der Waals surface area contributed by atoms with Crippen LogP contribution in [0.25, 0.3) is 11.0 Å². The lowest BCUT2D eigenvalue weighted by Gasteiger charge is -2.06. The van der Waals surface area contributed by atoms with Gasteiger partial charge in [0, 0.05) is 17.0 Å². The zero-order chi connectivity index (χ0) is 15.7. The molecule has 0 spiro atoms. The summed E-state index contributed by atoms with van der Waals surface area (Å²) < 4.78 is 5.46. The van der Waals surface area contributed by atoms with Crippen LogP contribution in [0.5, 0.6) is 0 Å². The first-order chi connectivity index (χ1) is 10.6. The summed E-state index contributed by atoms with van der Waals surface area (Å²) in [5.74, 6) is -2.18. The van der Waals surface area contributed by atoms with Crippen LogP contribution in [0, 0.1) is 6.92 Å². The average molecular weight is 301 g/mol. The van der Waals surface area contributed by atoms with Crippen LogP contribution in [-0.2, 0) is 9.59 Å². The smallest absolute Gasteiger partial charge is 0.327 e. The van der Waals surface area contributed by atoms with Gasteiger partial charge in [-0.15, -0.1) is 0 Å². The van der Waals surface area contributed by atoms with Gasteiger partial charge in [-0.3, -0.25) is 25.2 Å². The van der Waals surface area contributed by atoms with Gasteiger partial charge in [-0.05, 0) is 25.8 Å². The second-order valence-electron chi connectivity index (χ2n) is 5.21. The molecule has 1 aromatic carbocycles. The van der Waals surface area contributed by atoms with E-state index in [4.69, 9.17) is 4.42 Å². The summed E-state index contributed by atoms with van der Waals surface area (Å²) in [7, 11) is 0. The molecule has 3 N–H and O–H groups in total. The van der Waals surface area contributed by atoms with Gasteiger partial charge in [0.05, 0.1) is 0 Å². The van der Waals surface area contributed by atoms with E-state index in [1.54, 1.807) is 19.1 Å². The molecule has 1 heterocycles. The molecule has 22 heavy (non-hydrogen) atoms. The van der Waals surface area contributed by atoms with E-state index in [9.17, 15) is 14.4 Å². The monoisotopic (exact) mass is 301 g/mol. The van der Waals surface area contributed by atoms with E-state index in [-0.39, 0.29) is 11.8 Å². The van der Waals surface area contributed by atoms with Crippen molar-refractivity contribution in [2.24, 2.45) is 0 Å². The highest BCUT2D eigenvalue weighted by Crippen LogP contribution is 2.24. The van der Waals surface area contributed by atoms with E-state index in [0.29, 0.717) is 11.1 Å². The third-order valence-electron chi connectivity index (χ3n) is 3.46. The molecule has 0 atom stereocenters. The lowest BCUT2D eigenvalue weighted by atomic mass is 10.1. The number of aryl methyl sites for hydroxylation is 1. The van der Waals surface area contributed by atoms with E-state index in [2.05, 4.69) is 16.2 Å². The fourth-order valence-electron chi connectivity index (χ4n) is 2.10. The number of furan rings is 1. The van der Waals surface area contributed by atoms with Gasteiger partial charge in [-0.1, -0.05) is 18.2 Å². The molecule has 1 aromatic heterocycles. The number of amides is 3. The van der Waals surface area contributed by atoms with E-state index in [1.165, 1.54) is 0 Å². The highest BCUT2D eigenvalue weighted by atomic mass is 16.3. The fourth-order valence-corrected chi connectivity index (χ4v) is 2.10. The highest BCUT2D eigenvalue weighted by molar-refractivity contribution is 6.35. The maximum Gasteiger partial charge on any atom is 0.327 e. The molecule has 7 heteroatoms. The summed E-state index contributed by atoms with van der Waals surface area (Å²) in [5, 5.41) is 3.35. The van der Waals surface area contributed by atoms with Crippen LogP contribution in [0.2, 0.25) is 0 Å². The Balaban J connectivity index is 1.64. The molecule has 1 aliphatic carbocycles. The SMILES string of the molecule is Cc1c(C(=O)NNC(=O)C(=O)NC2CC2)oc2ccccc12. The summed E-state index contributed by atoms with van der Waals surface area (Å²) in [6, 6.07) is 7.31. The molecule has 1 aliphatic rings. The molecule has 114 valence electrons. The second kappa shape index (κ2) is 5.51. The minimum Gasteiger partial charge on any atom is -0.451 e. The Kier molecular flexibility index (Phi) is 3.54. The number of benzene rings is 1. The van der Waals surface area contributed by atoms with Gasteiger partial charge in [-0.2, -0.15) is 0 Å². The second-order valence-corrected chi connectivity index (χ2v) is 5.21. The number of nitrogens with one attached hydrogen (secondary N) is 3. The van der Waals surface area contributed by atoms with Crippen molar-refractivity contribution >= 4 is 28.7 Å². The average Bonchev–Trinajstić information content (AvgIpc) is 3.27. The highest BCUT2D eigenvalue weighted by Gasteiger charge is 2.27. The maximum atomic E-state index is 12.0. The molecule has 2 aromatic rings. The fraction of sp³-hybridized carbons (Fsp3) is 0.267. The van der Waals surface area contributed by atoms with Crippen LogP contribution >= 0.6 is 0 Å². The Morgan fingerprint density at radius 3 is 2.50 bits per heavy atom. The Hall–Kier alpha value is -2.83. The van der Waals surface area contributed by atoms with Crippen LogP contribution in [0.1, 0.15) is 29.0 Å². The molecule has 0 saturated heterocycles. The third-order valence-corrected chi connectivity index (χ3v) is 3.46. The molecular formula is C15H15N3O4. The van der Waals surface area contributed by atoms with Crippen molar-refractivity contribution in [1.82, 2.24) is 16.2 Å². The molecule has 1 saturated carbocycles. The largest absolute Gasteiger partial charge is 0.451 e. The molecule has 0 radical (unpaired) electrons. The van der Waals surface area contributed by atoms with Crippen molar-refractivity contribution in [3.8, 4) is 0 Å². The van der Waals surface area contributed by atoms with Crippen molar-refractivity contribution in [2.75, 3.05) is 0 Å². The molecule has 3 amide bonds. The van der Waals surface area contributed by atoms with Gasteiger partial charge in [0.15, 0.2) is 5.76 Å². The number of hydrogen-bond donors (Lipinski definition) is 3. The number of fused-ring (bicyclic) bond motifs is 1. The number of hydrogen-bond acceptors (Lipinski definition) is 4. The zero-order valence-corrected chi connectivity index (χ0v) is 11.9. The van der Waals surface area contributed by atoms with E-state index < -0.39 is 17.7 Å². The predicted octanol–water partition coefficient (Wildman–Crippen LogP) is 0.781. The first kappa shape index (κ1) is 14.1. The topological polar surface area (TPSA) is 100 Å². The summed E-state index contributed by atoms with van der Waals surface area (Å²) in [6.07, 6.45) is 1.76. The summed E-state index contributed by atoms with van der Waals surface area (Å²) >= 11 is 0. The summed E-state index contributed by atoms with van der Waals surface area (Å²) in [5.41, 5.74) is 5.51. The van der Waals surface area contributed by atoms with Gasteiger partial charge in [0.1, 0.15) is 5.58 Å². The van der Waals surface area contributed by atoms with Crippen molar-refractivity contribution in [3.05, 3.63) is 35.6 Å².